The van der Waals surface area contributed by atoms with Gasteiger partial charge in [-0.3, -0.25) is 9.69 Å². The molecule has 1 aliphatic rings. The number of piperidine rings is 1. The zero-order valence-electron chi connectivity index (χ0n) is 15.3. The Morgan fingerprint density at radius 2 is 2.15 bits per heavy atom. The Labute approximate surface area is 153 Å². The van der Waals surface area contributed by atoms with Gasteiger partial charge >= 0.3 is 0 Å². The maximum absolute atomic E-state index is 13.9. The van der Waals surface area contributed by atoms with Gasteiger partial charge in [0.2, 0.25) is 0 Å². The molecular weight excluding hydrogens is 335 g/mol. The van der Waals surface area contributed by atoms with E-state index in [9.17, 15) is 9.18 Å². The van der Waals surface area contributed by atoms with Crippen molar-refractivity contribution in [2.45, 2.75) is 32.0 Å². The number of rotatable bonds is 6. The van der Waals surface area contributed by atoms with Gasteiger partial charge in [-0.2, -0.15) is 0 Å². The molecule has 1 fully saturated rings. The molecule has 0 radical (unpaired) electrons. The number of likely N-dealkylation sites (tertiary alicyclic amines) is 1. The molecule has 2 aromatic rings. The summed E-state index contributed by atoms with van der Waals surface area (Å²) in [6.07, 6.45) is 1.91. The summed E-state index contributed by atoms with van der Waals surface area (Å²) in [5.74, 6) is 0.644. The Balaban J connectivity index is 1.62. The molecule has 1 aromatic heterocycles. The van der Waals surface area contributed by atoms with Crippen LogP contribution in [0, 0.1) is 5.82 Å². The molecule has 0 spiro atoms. The largest absolute Gasteiger partial charge is 0.453 e. The number of halogens is 1. The van der Waals surface area contributed by atoms with E-state index in [-0.39, 0.29) is 17.8 Å². The highest BCUT2D eigenvalue weighted by molar-refractivity contribution is 5.91. The summed E-state index contributed by atoms with van der Waals surface area (Å²) in [6.45, 7) is 2.54. The lowest BCUT2D eigenvalue weighted by molar-refractivity contribution is 0.0572. The van der Waals surface area contributed by atoms with Crippen LogP contribution in [0.15, 0.2) is 40.8 Å². The Hall–Kier alpha value is -2.18. The van der Waals surface area contributed by atoms with Crippen LogP contribution in [-0.4, -0.2) is 49.0 Å². The van der Waals surface area contributed by atoms with Crippen molar-refractivity contribution in [2.75, 3.05) is 27.2 Å². The first kappa shape index (κ1) is 18.6. The molecule has 1 amide bonds. The molecule has 2 heterocycles. The number of carbonyl (C=O) groups excluding carboxylic acids is 1. The molecule has 1 aromatic carbocycles. The third-order valence-electron chi connectivity index (χ3n) is 4.86. The summed E-state index contributed by atoms with van der Waals surface area (Å²) in [5.41, 5.74) is 0.692. The molecule has 0 N–H and O–H groups in total. The van der Waals surface area contributed by atoms with Crippen LogP contribution in [0.5, 0.6) is 0 Å². The topological polar surface area (TPSA) is 45.9 Å². The van der Waals surface area contributed by atoms with Gasteiger partial charge < -0.3 is 14.1 Å². The Kier molecular flexibility index (Phi) is 6.06. The van der Waals surface area contributed by atoms with Crippen molar-refractivity contribution < 1.29 is 18.3 Å². The minimum atomic E-state index is -0.180. The minimum absolute atomic E-state index is 0.0824. The summed E-state index contributed by atoms with van der Waals surface area (Å²) in [5, 5.41) is 0. The first-order chi connectivity index (χ1) is 12.6. The number of methoxy groups -OCH3 is 1. The number of nitrogens with zero attached hydrogens (tertiary/aromatic N) is 2. The van der Waals surface area contributed by atoms with Gasteiger partial charge in [0.05, 0.1) is 0 Å². The summed E-state index contributed by atoms with van der Waals surface area (Å²) < 4.78 is 24.5. The molecule has 1 unspecified atom stereocenters. The standard InChI is InChI=1S/C20H25FN2O3/c1-22(20(24)19-10-9-17(26-19)14-25-2)16-7-5-11-23(13-16)12-15-6-3-4-8-18(15)21/h3-4,6,8-10,16H,5,7,11-14H2,1-2H3. The fourth-order valence-corrected chi connectivity index (χ4v) is 3.41. The van der Waals surface area contributed by atoms with E-state index in [4.69, 9.17) is 9.15 Å². The van der Waals surface area contributed by atoms with Gasteiger partial charge in [0.25, 0.3) is 5.91 Å². The fourth-order valence-electron chi connectivity index (χ4n) is 3.41. The third kappa shape index (κ3) is 4.31. The summed E-state index contributed by atoms with van der Waals surface area (Å²) in [6, 6.07) is 10.4. The van der Waals surface area contributed by atoms with Crippen molar-refractivity contribution >= 4 is 5.91 Å². The van der Waals surface area contributed by atoms with Crippen molar-refractivity contribution in [1.29, 1.82) is 0 Å². The third-order valence-corrected chi connectivity index (χ3v) is 4.86. The highest BCUT2D eigenvalue weighted by Gasteiger charge is 2.28. The van der Waals surface area contributed by atoms with Crippen LogP contribution >= 0.6 is 0 Å². The normalized spacial score (nSPS) is 18.0. The minimum Gasteiger partial charge on any atom is -0.453 e. The number of carbonyl (C=O) groups is 1. The molecule has 0 bridgehead atoms. The molecule has 140 valence electrons. The van der Waals surface area contributed by atoms with Crippen molar-refractivity contribution in [3.63, 3.8) is 0 Å². The molecule has 0 aliphatic carbocycles. The summed E-state index contributed by atoms with van der Waals surface area (Å²) >= 11 is 0. The van der Waals surface area contributed by atoms with Gasteiger partial charge in [0.15, 0.2) is 5.76 Å². The van der Waals surface area contributed by atoms with E-state index in [0.717, 1.165) is 25.9 Å². The van der Waals surface area contributed by atoms with E-state index >= 15 is 0 Å². The predicted octanol–water partition coefficient (Wildman–Crippen LogP) is 3.30. The van der Waals surface area contributed by atoms with Crippen molar-refractivity contribution in [2.24, 2.45) is 0 Å². The molecule has 1 aliphatic heterocycles. The van der Waals surface area contributed by atoms with Crippen LogP contribution in [0.3, 0.4) is 0 Å². The molecule has 0 saturated carbocycles. The summed E-state index contributed by atoms with van der Waals surface area (Å²) in [4.78, 5) is 16.6. The Bertz CT molecular complexity index is 746. The SMILES string of the molecule is COCc1ccc(C(=O)N(C)C2CCCN(Cc3ccccc3F)C2)o1. The second-order valence-corrected chi connectivity index (χ2v) is 6.74. The lowest BCUT2D eigenvalue weighted by atomic mass is 10.0. The van der Waals surface area contributed by atoms with E-state index in [1.807, 2.05) is 12.1 Å². The number of likely N-dealkylation sites (N-methyl/N-ethyl adjacent to an activating group) is 1. The molecule has 1 atom stereocenters. The van der Waals surface area contributed by atoms with Gasteiger partial charge in [-0.05, 0) is 37.6 Å². The number of amides is 1. The average molecular weight is 360 g/mol. The van der Waals surface area contributed by atoms with Crippen LogP contribution in [-0.2, 0) is 17.9 Å². The van der Waals surface area contributed by atoms with Crippen molar-refractivity contribution in [3.8, 4) is 0 Å². The quantitative estimate of drug-likeness (QED) is 0.793. The molecule has 26 heavy (non-hydrogen) atoms. The Morgan fingerprint density at radius 1 is 1.35 bits per heavy atom. The lowest BCUT2D eigenvalue weighted by Gasteiger charge is -2.37. The first-order valence-corrected chi connectivity index (χ1v) is 8.89. The van der Waals surface area contributed by atoms with Gasteiger partial charge in [-0.1, -0.05) is 18.2 Å². The average Bonchev–Trinajstić information content (AvgIpc) is 3.12. The van der Waals surface area contributed by atoms with Gasteiger partial charge in [0.1, 0.15) is 18.2 Å². The number of furan rings is 1. The molecule has 5 nitrogen and oxygen atoms in total. The monoisotopic (exact) mass is 360 g/mol. The number of benzene rings is 1. The second kappa shape index (κ2) is 8.47. The van der Waals surface area contributed by atoms with Crippen molar-refractivity contribution in [3.05, 3.63) is 59.3 Å². The van der Waals surface area contributed by atoms with E-state index in [0.29, 0.717) is 30.2 Å². The fraction of sp³-hybridized carbons (Fsp3) is 0.450. The molecule has 1 saturated heterocycles. The second-order valence-electron chi connectivity index (χ2n) is 6.74. The van der Waals surface area contributed by atoms with Crippen LogP contribution in [0.4, 0.5) is 4.39 Å². The molecule has 6 heteroatoms. The highest BCUT2D eigenvalue weighted by Crippen LogP contribution is 2.20. The smallest absolute Gasteiger partial charge is 0.289 e. The van der Waals surface area contributed by atoms with Crippen LogP contribution in [0.25, 0.3) is 0 Å². The zero-order chi connectivity index (χ0) is 18.5. The number of hydrogen-bond acceptors (Lipinski definition) is 4. The lowest BCUT2D eigenvalue weighted by Crippen LogP contribution is -2.48. The number of hydrogen-bond donors (Lipinski definition) is 0. The van der Waals surface area contributed by atoms with Gasteiger partial charge in [-0.25, -0.2) is 4.39 Å². The summed E-state index contributed by atoms with van der Waals surface area (Å²) in [7, 11) is 3.39. The van der Waals surface area contributed by atoms with Crippen LogP contribution in [0.1, 0.15) is 34.7 Å². The van der Waals surface area contributed by atoms with Crippen molar-refractivity contribution in [1.82, 2.24) is 9.80 Å². The van der Waals surface area contributed by atoms with E-state index in [2.05, 4.69) is 4.90 Å². The van der Waals surface area contributed by atoms with E-state index < -0.39 is 0 Å². The number of ether oxygens (including phenoxy) is 1. The van der Waals surface area contributed by atoms with Gasteiger partial charge in [0, 0.05) is 38.9 Å². The van der Waals surface area contributed by atoms with E-state index in [1.165, 1.54) is 6.07 Å². The van der Waals surface area contributed by atoms with Gasteiger partial charge in [-0.15, -0.1) is 0 Å². The Morgan fingerprint density at radius 3 is 2.92 bits per heavy atom. The maximum atomic E-state index is 13.9. The molecule has 3 rings (SSSR count). The first-order valence-electron chi connectivity index (χ1n) is 8.89. The van der Waals surface area contributed by atoms with Crippen LogP contribution < -0.4 is 0 Å². The van der Waals surface area contributed by atoms with Crippen LogP contribution in [0.2, 0.25) is 0 Å². The van der Waals surface area contributed by atoms with E-state index in [1.54, 1.807) is 37.3 Å². The zero-order valence-corrected chi connectivity index (χ0v) is 15.3. The predicted molar refractivity (Wildman–Crippen MR) is 96.2 cm³/mol. The maximum Gasteiger partial charge on any atom is 0.289 e. The highest BCUT2D eigenvalue weighted by atomic mass is 19.1. The molecular formula is C20H25FN2O3.